The number of nitrogens with one attached hydrogen (secondary N) is 1. The highest BCUT2D eigenvalue weighted by atomic mass is 32.2. The summed E-state index contributed by atoms with van der Waals surface area (Å²) in [7, 11) is -3.76. The first kappa shape index (κ1) is 10.4. The van der Waals surface area contributed by atoms with Gasteiger partial charge in [0.05, 0.1) is 0 Å². The van der Waals surface area contributed by atoms with E-state index >= 15 is 0 Å². The Balaban J connectivity index is 4.11. The molecule has 0 spiro atoms. The first-order chi connectivity index (χ1) is 4.88. The highest BCUT2D eigenvalue weighted by Crippen LogP contribution is 1.90. The summed E-state index contributed by atoms with van der Waals surface area (Å²) >= 11 is 0. The molecule has 1 radical (unpaired) electrons. The lowest BCUT2D eigenvalue weighted by Gasteiger charge is -2.05. The Hall–Kier alpha value is -0.620. The van der Waals surface area contributed by atoms with Crippen molar-refractivity contribution in [1.29, 1.82) is 0 Å². The van der Waals surface area contributed by atoms with Crippen LogP contribution in [0.5, 0.6) is 0 Å². The van der Waals surface area contributed by atoms with Crippen LogP contribution < -0.4 is 5.32 Å². The van der Waals surface area contributed by atoms with Crippen LogP contribution in [-0.2, 0) is 14.9 Å². The van der Waals surface area contributed by atoms with Gasteiger partial charge in [-0.3, -0.25) is 4.79 Å². The second-order valence-corrected chi connectivity index (χ2v) is 4.02. The summed E-state index contributed by atoms with van der Waals surface area (Å²) in [5.41, 5.74) is 0. The maximum atomic E-state index is 10.6. The minimum absolute atomic E-state index is 0.168. The van der Waals surface area contributed by atoms with Gasteiger partial charge in [0.1, 0.15) is 0 Å². The molecule has 0 bridgehead atoms. The van der Waals surface area contributed by atoms with Crippen LogP contribution in [0.1, 0.15) is 13.3 Å². The zero-order valence-electron chi connectivity index (χ0n) is 6.33. The fraction of sp³-hybridized carbons (Fsp3) is 0.800. The van der Waals surface area contributed by atoms with Gasteiger partial charge in [-0.1, -0.05) is 6.92 Å². The van der Waals surface area contributed by atoms with E-state index in [-0.39, 0.29) is 6.42 Å². The quantitative estimate of drug-likeness (QED) is 0.602. The lowest BCUT2D eigenvalue weighted by molar-refractivity contribution is 0.0676. The van der Waals surface area contributed by atoms with Crippen molar-refractivity contribution in [2.75, 3.05) is 6.26 Å². The molecule has 0 aromatic heterocycles. The number of hydrogen-bond donors (Lipinski definition) is 1. The first-order valence-electron chi connectivity index (χ1n) is 3.04. The van der Waals surface area contributed by atoms with Crippen molar-refractivity contribution >= 4 is 15.1 Å². The van der Waals surface area contributed by atoms with Gasteiger partial charge in [0, 0.05) is 6.26 Å². The van der Waals surface area contributed by atoms with Gasteiger partial charge in [-0.05, 0) is 6.42 Å². The number of carbonyl (C=O) groups is 1. The van der Waals surface area contributed by atoms with Crippen LogP contribution in [0.2, 0.25) is 0 Å². The van der Waals surface area contributed by atoms with E-state index in [9.17, 15) is 18.3 Å². The number of carbonyl (C=O) groups excluding carboxylic acids is 1. The van der Waals surface area contributed by atoms with Crippen LogP contribution in [0.15, 0.2) is 0 Å². The topological polar surface area (TPSA) is 83.1 Å². The summed E-state index contributed by atoms with van der Waals surface area (Å²) in [6.45, 7) is 1.56. The lowest BCUT2D eigenvalue weighted by atomic mass is 10.4. The van der Waals surface area contributed by atoms with Crippen molar-refractivity contribution in [3.63, 3.8) is 0 Å². The average Bonchev–Trinajstić information content (AvgIpc) is 1.85. The number of rotatable bonds is 2. The second kappa shape index (κ2) is 3.68. The summed E-state index contributed by atoms with van der Waals surface area (Å²) in [5.74, 6) is 0. The van der Waals surface area contributed by atoms with Crippen molar-refractivity contribution in [1.82, 2.24) is 5.32 Å². The van der Waals surface area contributed by atoms with Gasteiger partial charge < -0.3 is 5.32 Å². The molecule has 6 heteroatoms. The van der Waals surface area contributed by atoms with Crippen LogP contribution in [0.25, 0.3) is 0 Å². The Bertz CT molecular complexity index is 233. The molecule has 0 rings (SSSR count). The van der Waals surface area contributed by atoms with Gasteiger partial charge >= 0.3 is 5.24 Å². The van der Waals surface area contributed by atoms with Gasteiger partial charge in [0.25, 0.3) is 0 Å². The third kappa shape index (κ3) is 3.94. The Morgan fingerprint density at radius 3 is 2.27 bits per heavy atom. The van der Waals surface area contributed by atoms with E-state index in [1.54, 1.807) is 12.2 Å². The normalized spacial score (nSPS) is 14.1. The third-order valence-electron chi connectivity index (χ3n) is 0.986. The molecule has 0 saturated carbocycles. The maximum Gasteiger partial charge on any atom is 0.338 e. The zero-order chi connectivity index (χ0) is 9.07. The van der Waals surface area contributed by atoms with E-state index in [0.29, 0.717) is 0 Å². The summed E-state index contributed by atoms with van der Waals surface area (Å²) in [6, 6.07) is 0. The Labute approximate surface area is 65.3 Å². The van der Waals surface area contributed by atoms with Crippen LogP contribution in [0.4, 0.5) is 4.79 Å². The van der Waals surface area contributed by atoms with Gasteiger partial charge in [-0.25, -0.2) is 13.5 Å². The lowest BCUT2D eigenvalue weighted by Crippen LogP contribution is -2.36. The minimum Gasteiger partial charge on any atom is -0.315 e. The Morgan fingerprint density at radius 1 is 1.55 bits per heavy atom. The predicted molar refractivity (Wildman–Crippen MR) is 38.1 cm³/mol. The van der Waals surface area contributed by atoms with Crippen LogP contribution in [0, 0.1) is 0 Å². The molecule has 1 unspecified atom stereocenters. The average molecular weight is 180 g/mol. The van der Waals surface area contributed by atoms with E-state index in [1.165, 1.54) is 0 Å². The molecule has 1 N–H and O–H groups in total. The Morgan fingerprint density at radius 2 is 2.00 bits per heavy atom. The van der Waals surface area contributed by atoms with Crippen LogP contribution >= 0.6 is 0 Å². The van der Waals surface area contributed by atoms with E-state index in [1.807, 2.05) is 0 Å². The van der Waals surface area contributed by atoms with E-state index < -0.39 is 21.3 Å². The Kier molecular flexibility index (Phi) is 3.47. The van der Waals surface area contributed by atoms with E-state index in [0.717, 1.165) is 6.26 Å². The highest BCUT2D eigenvalue weighted by Gasteiger charge is 2.17. The highest BCUT2D eigenvalue weighted by molar-refractivity contribution is 8.05. The zero-order valence-corrected chi connectivity index (χ0v) is 7.14. The SMILES string of the molecule is CCC([O])NC(=O)S(C)(=O)=O. The molecule has 0 fully saturated rings. The fourth-order valence-electron chi connectivity index (χ4n) is 0.341. The monoisotopic (exact) mass is 180 g/mol. The van der Waals surface area contributed by atoms with Gasteiger partial charge in [-0.15, -0.1) is 0 Å². The molecule has 1 atom stereocenters. The summed E-state index contributed by atoms with van der Waals surface area (Å²) in [6.07, 6.45) is -0.413. The third-order valence-corrected chi connectivity index (χ3v) is 1.78. The molecule has 0 saturated heterocycles. The molecular weight excluding hydrogens is 170 g/mol. The molecule has 5 nitrogen and oxygen atoms in total. The summed E-state index contributed by atoms with van der Waals surface area (Å²) in [4.78, 5) is 10.5. The molecule has 0 aromatic carbocycles. The largest absolute Gasteiger partial charge is 0.338 e. The van der Waals surface area contributed by atoms with Crippen molar-refractivity contribution < 1.29 is 18.3 Å². The molecule has 0 aliphatic rings. The van der Waals surface area contributed by atoms with Gasteiger partial charge in [0.15, 0.2) is 6.23 Å². The van der Waals surface area contributed by atoms with Gasteiger partial charge in [0.2, 0.25) is 9.84 Å². The van der Waals surface area contributed by atoms with Crippen LogP contribution in [-0.4, -0.2) is 26.1 Å². The fourth-order valence-corrected chi connectivity index (χ4v) is 0.686. The predicted octanol–water partition coefficient (Wildman–Crippen LogP) is -0.0928. The first-order valence-corrected chi connectivity index (χ1v) is 4.93. The number of hydrogen-bond acceptors (Lipinski definition) is 3. The summed E-state index contributed by atoms with van der Waals surface area (Å²) in [5, 5.41) is 11.1. The van der Waals surface area contributed by atoms with Crippen molar-refractivity contribution in [2.24, 2.45) is 0 Å². The standard InChI is InChI=1S/C5H10NO4S/c1-3-4(7)6-5(8)11(2,9)10/h4H,3H2,1-2H3,(H,6,8). The molecule has 0 aliphatic carbocycles. The second-order valence-electron chi connectivity index (χ2n) is 2.10. The molecular formula is C5H10NO4S. The van der Waals surface area contributed by atoms with Crippen molar-refractivity contribution in [2.45, 2.75) is 19.6 Å². The number of amides is 1. The summed E-state index contributed by atoms with van der Waals surface area (Å²) < 4.78 is 20.9. The minimum atomic E-state index is -3.76. The van der Waals surface area contributed by atoms with E-state index in [4.69, 9.17) is 0 Å². The van der Waals surface area contributed by atoms with Gasteiger partial charge in [-0.2, -0.15) is 0 Å². The van der Waals surface area contributed by atoms with Crippen molar-refractivity contribution in [3.05, 3.63) is 0 Å². The maximum absolute atomic E-state index is 10.6. The number of sulfone groups is 1. The smallest absolute Gasteiger partial charge is 0.315 e. The molecule has 0 aliphatic heterocycles. The van der Waals surface area contributed by atoms with Crippen molar-refractivity contribution in [3.8, 4) is 0 Å². The van der Waals surface area contributed by atoms with Crippen LogP contribution in [0.3, 0.4) is 0 Å². The molecule has 65 valence electrons. The molecule has 0 aromatic rings. The van der Waals surface area contributed by atoms with E-state index in [2.05, 4.69) is 0 Å². The molecule has 0 heterocycles. The molecule has 11 heavy (non-hydrogen) atoms. The molecule has 1 amide bonds.